The van der Waals surface area contributed by atoms with Crippen molar-refractivity contribution in [3.63, 3.8) is 0 Å². The van der Waals surface area contributed by atoms with E-state index in [-0.39, 0.29) is 16.9 Å². The molecule has 3 heteroatoms. The molecular formula is C31H49NO2. The van der Waals surface area contributed by atoms with Gasteiger partial charge >= 0.3 is 0 Å². The Morgan fingerprint density at radius 2 is 1.62 bits per heavy atom. The predicted molar refractivity (Wildman–Crippen MR) is 140 cm³/mol. The van der Waals surface area contributed by atoms with Crippen LogP contribution in [0.3, 0.4) is 0 Å². The summed E-state index contributed by atoms with van der Waals surface area (Å²) in [5, 5.41) is 14.1. The molecule has 0 amide bonds. The Labute approximate surface area is 208 Å². The SMILES string of the molecule is C=C(C)C1CC[C@]2(/C=C/N=O)CC[C@]3(C)[C@H](CC[C@@H]4[C@@]5(C)CC[C@H](O)C(C)(C)[C@@H]5CC[C@]43C)[C@@H]12. The van der Waals surface area contributed by atoms with Gasteiger partial charge < -0.3 is 5.11 Å². The zero-order valence-electron chi connectivity index (χ0n) is 22.7. The van der Waals surface area contributed by atoms with Crippen LogP contribution in [0.2, 0.25) is 0 Å². The molecule has 5 aliphatic carbocycles. The summed E-state index contributed by atoms with van der Waals surface area (Å²) in [6.45, 7) is 19.3. The molecule has 5 rings (SSSR count). The van der Waals surface area contributed by atoms with Crippen LogP contribution in [0.5, 0.6) is 0 Å². The maximum absolute atomic E-state index is 11.1. The molecule has 10 atom stereocenters. The Morgan fingerprint density at radius 3 is 2.29 bits per heavy atom. The third kappa shape index (κ3) is 2.97. The van der Waals surface area contributed by atoms with Gasteiger partial charge in [-0.15, -0.1) is 4.91 Å². The Kier molecular flexibility index (Phi) is 5.65. The van der Waals surface area contributed by atoms with E-state index in [4.69, 9.17) is 0 Å². The third-order valence-corrected chi connectivity index (χ3v) is 13.6. The van der Waals surface area contributed by atoms with Gasteiger partial charge in [0.05, 0.1) is 12.3 Å². The first-order valence-electron chi connectivity index (χ1n) is 14.2. The topological polar surface area (TPSA) is 49.7 Å². The fourth-order valence-corrected chi connectivity index (χ4v) is 11.7. The summed E-state index contributed by atoms with van der Waals surface area (Å²) in [7, 11) is 0. The van der Waals surface area contributed by atoms with Crippen LogP contribution in [-0.2, 0) is 0 Å². The van der Waals surface area contributed by atoms with Gasteiger partial charge in [0, 0.05) is 0 Å². The van der Waals surface area contributed by atoms with Crippen molar-refractivity contribution in [3.8, 4) is 0 Å². The molecule has 5 fully saturated rings. The van der Waals surface area contributed by atoms with Gasteiger partial charge in [-0.05, 0) is 133 Å². The van der Waals surface area contributed by atoms with Gasteiger partial charge in [0.2, 0.25) is 0 Å². The standard InChI is InChI=1S/C31H49NO2/c1-20(2)21-10-15-31(18-19-32-34)17-16-29(6)22(26(21)31)8-9-24-28(5)13-12-25(33)27(3,4)23(28)11-14-30(24,29)7/h18-19,21-26,33H,1,8-17H2,2-7H3/b19-18+/t21?,22-,23+,24-,25+,26-,28+,29-,30-,31-/m1/s1. The van der Waals surface area contributed by atoms with Crippen LogP contribution in [0.4, 0.5) is 0 Å². The quantitative estimate of drug-likeness (QED) is 0.335. The molecule has 5 aliphatic rings. The minimum Gasteiger partial charge on any atom is -0.393 e. The minimum atomic E-state index is -0.162. The van der Waals surface area contributed by atoms with E-state index in [0.717, 1.165) is 12.3 Å². The van der Waals surface area contributed by atoms with Crippen LogP contribution < -0.4 is 0 Å². The summed E-state index contributed by atoms with van der Waals surface area (Å²) in [5.41, 5.74) is 2.46. The van der Waals surface area contributed by atoms with Crippen molar-refractivity contribution in [2.45, 2.75) is 112 Å². The molecule has 5 saturated carbocycles. The molecule has 190 valence electrons. The molecule has 0 bridgehead atoms. The van der Waals surface area contributed by atoms with Crippen LogP contribution in [0, 0.1) is 61.6 Å². The highest BCUT2D eigenvalue weighted by atomic mass is 16.3. The number of fused-ring (bicyclic) bond motifs is 7. The normalized spacial score (nSPS) is 54.0. The molecule has 3 nitrogen and oxygen atoms in total. The Balaban J connectivity index is 1.56. The number of hydrogen-bond acceptors (Lipinski definition) is 3. The van der Waals surface area contributed by atoms with E-state index in [2.05, 4.69) is 59.4 Å². The molecule has 0 aromatic rings. The van der Waals surface area contributed by atoms with Crippen LogP contribution in [0.15, 0.2) is 29.6 Å². The fourth-order valence-electron chi connectivity index (χ4n) is 11.7. The van der Waals surface area contributed by atoms with Gasteiger partial charge in [-0.1, -0.05) is 52.8 Å². The molecular weight excluding hydrogens is 418 g/mol. The lowest BCUT2D eigenvalue weighted by Gasteiger charge is -2.73. The van der Waals surface area contributed by atoms with Crippen LogP contribution in [0.1, 0.15) is 106 Å². The molecule has 0 saturated heterocycles. The highest BCUT2D eigenvalue weighted by Gasteiger charge is 2.70. The summed E-state index contributed by atoms with van der Waals surface area (Å²) >= 11 is 0. The van der Waals surface area contributed by atoms with Gasteiger partial charge in [-0.25, -0.2) is 0 Å². The lowest BCUT2D eigenvalue weighted by atomic mass is 9.32. The summed E-state index contributed by atoms with van der Waals surface area (Å²) in [6, 6.07) is 0. The van der Waals surface area contributed by atoms with Crippen molar-refractivity contribution in [3.05, 3.63) is 29.3 Å². The Morgan fingerprint density at radius 1 is 0.882 bits per heavy atom. The summed E-state index contributed by atoms with van der Waals surface area (Å²) in [6.07, 6.45) is 15.8. The summed E-state index contributed by atoms with van der Waals surface area (Å²) in [4.78, 5) is 11.1. The molecule has 0 aromatic carbocycles. The van der Waals surface area contributed by atoms with Gasteiger partial charge in [0.1, 0.15) is 0 Å². The van der Waals surface area contributed by atoms with Gasteiger partial charge in [0.15, 0.2) is 0 Å². The van der Waals surface area contributed by atoms with E-state index >= 15 is 0 Å². The number of aliphatic hydroxyl groups is 1. The van der Waals surface area contributed by atoms with E-state index in [1.54, 1.807) is 6.20 Å². The predicted octanol–water partition coefficient (Wildman–Crippen LogP) is 8.29. The van der Waals surface area contributed by atoms with Crippen molar-refractivity contribution in [2.24, 2.45) is 61.8 Å². The lowest BCUT2D eigenvalue weighted by Crippen LogP contribution is -2.66. The molecule has 0 spiro atoms. The van der Waals surface area contributed by atoms with E-state index in [1.807, 2.05) is 0 Å². The zero-order valence-corrected chi connectivity index (χ0v) is 22.7. The van der Waals surface area contributed by atoms with Crippen LogP contribution >= 0.6 is 0 Å². The smallest absolute Gasteiger partial charge is 0.0680 e. The minimum absolute atomic E-state index is 0.0108. The molecule has 0 radical (unpaired) electrons. The number of rotatable bonds is 3. The van der Waals surface area contributed by atoms with Crippen molar-refractivity contribution in [2.75, 3.05) is 0 Å². The van der Waals surface area contributed by atoms with E-state index in [9.17, 15) is 10.0 Å². The Bertz CT molecular complexity index is 892. The number of hydrogen-bond donors (Lipinski definition) is 1. The number of allylic oxidation sites excluding steroid dienone is 2. The molecule has 0 aliphatic heterocycles. The average Bonchev–Trinajstić information content (AvgIpc) is 3.16. The first kappa shape index (κ1) is 24.7. The summed E-state index contributed by atoms with van der Waals surface area (Å²) in [5.74, 6) is 3.19. The maximum Gasteiger partial charge on any atom is 0.0680 e. The van der Waals surface area contributed by atoms with E-state index in [1.165, 1.54) is 63.4 Å². The molecule has 0 heterocycles. The lowest BCUT2D eigenvalue weighted by molar-refractivity contribution is -0.244. The largest absolute Gasteiger partial charge is 0.393 e. The monoisotopic (exact) mass is 467 g/mol. The second-order valence-corrected chi connectivity index (χ2v) is 14.7. The molecule has 1 unspecified atom stereocenters. The number of nitroso groups, excluding NO2 is 1. The van der Waals surface area contributed by atoms with Crippen molar-refractivity contribution >= 4 is 0 Å². The Hall–Kier alpha value is -0.960. The van der Waals surface area contributed by atoms with E-state index in [0.29, 0.717) is 39.9 Å². The highest BCUT2D eigenvalue weighted by Crippen LogP contribution is 2.77. The van der Waals surface area contributed by atoms with Crippen molar-refractivity contribution in [1.82, 2.24) is 0 Å². The fraction of sp³-hybridized carbons (Fsp3) is 0.871. The van der Waals surface area contributed by atoms with Gasteiger partial charge in [-0.2, -0.15) is 0 Å². The first-order chi connectivity index (χ1) is 15.9. The first-order valence-corrected chi connectivity index (χ1v) is 14.2. The van der Waals surface area contributed by atoms with Crippen LogP contribution in [-0.4, -0.2) is 11.2 Å². The highest BCUT2D eigenvalue weighted by molar-refractivity contribution is 5.24. The molecule has 34 heavy (non-hydrogen) atoms. The number of nitrogens with zero attached hydrogens (tertiary/aromatic N) is 1. The van der Waals surface area contributed by atoms with Crippen molar-refractivity contribution < 1.29 is 5.11 Å². The van der Waals surface area contributed by atoms with Gasteiger partial charge in [0.25, 0.3) is 0 Å². The maximum atomic E-state index is 11.1. The summed E-state index contributed by atoms with van der Waals surface area (Å²) < 4.78 is 0. The molecule has 0 aromatic heterocycles. The molecule has 1 N–H and O–H groups in total. The third-order valence-electron chi connectivity index (χ3n) is 13.6. The number of aliphatic hydroxyl groups excluding tert-OH is 1. The van der Waals surface area contributed by atoms with Gasteiger partial charge in [-0.3, -0.25) is 0 Å². The zero-order chi connectivity index (χ0) is 24.7. The second-order valence-electron chi connectivity index (χ2n) is 14.7. The van der Waals surface area contributed by atoms with Crippen molar-refractivity contribution in [1.29, 1.82) is 0 Å². The average molecular weight is 468 g/mol. The van der Waals surface area contributed by atoms with E-state index < -0.39 is 0 Å². The second kappa shape index (κ2) is 7.77. The van der Waals surface area contributed by atoms with Crippen LogP contribution in [0.25, 0.3) is 0 Å².